The molecule has 1 atom stereocenters. The Morgan fingerprint density at radius 1 is 1.31 bits per heavy atom. The Hall–Kier alpha value is -2.63. The van der Waals surface area contributed by atoms with Gasteiger partial charge in [-0.3, -0.25) is 14.7 Å². The van der Waals surface area contributed by atoms with Gasteiger partial charge in [-0.25, -0.2) is 0 Å². The smallest absolute Gasteiger partial charge is 0.232 e. The minimum Gasteiger partial charge on any atom is -0.356 e. The molecule has 0 radical (unpaired) electrons. The fourth-order valence-corrected chi connectivity index (χ4v) is 3.98. The Labute approximate surface area is 152 Å². The van der Waals surface area contributed by atoms with Gasteiger partial charge in [0, 0.05) is 30.8 Å². The van der Waals surface area contributed by atoms with Crippen LogP contribution < -0.4 is 10.6 Å². The predicted octanol–water partition coefficient (Wildman–Crippen LogP) is 2.38. The Balaban J connectivity index is 1.32. The molecule has 1 aromatic carbocycles. The second-order valence-corrected chi connectivity index (χ2v) is 7.27. The predicted molar refractivity (Wildman–Crippen MR) is 99.1 cm³/mol. The maximum absolute atomic E-state index is 12.3. The third-order valence-corrected chi connectivity index (χ3v) is 5.37. The van der Waals surface area contributed by atoms with Crippen LogP contribution >= 0.6 is 0 Å². The van der Waals surface area contributed by atoms with Crippen LogP contribution in [0.1, 0.15) is 53.3 Å². The normalized spacial score (nSPS) is 18.2. The molecule has 1 aliphatic heterocycles. The number of fused-ring (bicyclic) bond motifs is 2. The monoisotopic (exact) mass is 352 g/mol. The van der Waals surface area contributed by atoms with Gasteiger partial charge in [0.1, 0.15) is 0 Å². The molecule has 2 aliphatic rings. The summed E-state index contributed by atoms with van der Waals surface area (Å²) in [4.78, 5) is 24.5. The molecule has 0 saturated carbocycles. The maximum atomic E-state index is 12.3. The van der Waals surface area contributed by atoms with Crippen molar-refractivity contribution in [1.82, 2.24) is 15.5 Å². The number of hydrogen-bond donors (Lipinski definition) is 3. The van der Waals surface area contributed by atoms with Gasteiger partial charge in [0.15, 0.2) is 0 Å². The van der Waals surface area contributed by atoms with Gasteiger partial charge in [0.25, 0.3) is 0 Å². The molecule has 0 spiro atoms. The lowest BCUT2D eigenvalue weighted by Gasteiger charge is -2.12. The van der Waals surface area contributed by atoms with Crippen LogP contribution in [-0.2, 0) is 28.9 Å². The lowest BCUT2D eigenvalue weighted by atomic mass is 9.95. The number of carbonyl (C=O) groups excluding carboxylic acids is 2. The first-order valence-corrected chi connectivity index (χ1v) is 9.35. The van der Waals surface area contributed by atoms with Gasteiger partial charge in [-0.15, -0.1) is 0 Å². The van der Waals surface area contributed by atoms with Gasteiger partial charge < -0.3 is 10.6 Å². The summed E-state index contributed by atoms with van der Waals surface area (Å²) in [5, 5.41) is 13.4. The summed E-state index contributed by atoms with van der Waals surface area (Å²) < 4.78 is 0. The molecular formula is C20H24N4O2. The minimum absolute atomic E-state index is 0.0945. The molecule has 2 amide bonds. The number of hydrogen-bond acceptors (Lipinski definition) is 3. The molecule has 2 heterocycles. The molecule has 4 rings (SSSR count). The Bertz CT molecular complexity index is 855. The zero-order valence-corrected chi connectivity index (χ0v) is 15.0. The van der Waals surface area contributed by atoms with Gasteiger partial charge in [-0.05, 0) is 55.4 Å². The third kappa shape index (κ3) is 3.23. The molecule has 3 N–H and O–H groups in total. The largest absolute Gasteiger partial charge is 0.356 e. The molecule has 2 aromatic rings. The van der Waals surface area contributed by atoms with E-state index in [1.54, 1.807) is 0 Å². The zero-order valence-electron chi connectivity index (χ0n) is 15.0. The number of amides is 2. The van der Waals surface area contributed by atoms with E-state index in [0.717, 1.165) is 41.8 Å². The van der Waals surface area contributed by atoms with Crippen molar-refractivity contribution in [2.24, 2.45) is 0 Å². The second-order valence-electron chi connectivity index (χ2n) is 7.27. The number of nitrogens with zero attached hydrogens (tertiary/aromatic N) is 1. The van der Waals surface area contributed by atoms with E-state index in [0.29, 0.717) is 6.54 Å². The van der Waals surface area contributed by atoms with E-state index in [1.807, 2.05) is 25.1 Å². The molecule has 6 heteroatoms. The summed E-state index contributed by atoms with van der Waals surface area (Å²) in [7, 11) is 0. The van der Waals surface area contributed by atoms with Crippen LogP contribution in [0.25, 0.3) is 0 Å². The first kappa shape index (κ1) is 16.8. The van der Waals surface area contributed by atoms with Gasteiger partial charge in [0.2, 0.25) is 11.8 Å². The lowest BCUT2D eigenvalue weighted by Crippen LogP contribution is -2.29. The SMILES string of the molecule is Cc1ccc2c(c1)NC(=O)C2CC(=O)NCCc1n[nH]c2c1CCCC2. The zero-order chi connectivity index (χ0) is 18.1. The Morgan fingerprint density at radius 2 is 2.15 bits per heavy atom. The summed E-state index contributed by atoms with van der Waals surface area (Å²) in [6.45, 7) is 2.53. The van der Waals surface area contributed by atoms with Crippen LogP contribution in [-0.4, -0.2) is 28.6 Å². The number of H-pyrrole nitrogens is 1. The average molecular weight is 352 g/mol. The summed E-state index contributed by atoms with van der Waals surface area (Å²) in [5.41, 5.74) is 6.50. The number of rotatable bonds is 5. The molecule has 0 saturated heterocycles. The van der Waals surface area contributed by atoms with E-state index in [9.17, 15) is 9.59 Å². The van der Waals surface area contributed by atoms with Crippen molar-refractivity contribution in [1.29, 1.82) is 0 Å². The number of aromatic nitrogens is 2. The van der Waals surface area contributed by atoms with Gasteiger partial charge in [0.05, 0.1) is 11.6 Å². The van der Waals surface area contributed by atoms with E-state index < -0.39 is 5.92 Å². The van der Waals surface area contributed by atoms with Crippen molar-refractivity contribution in [3.05, 3.63) is 46.3 Å². The van der Waals surface area contributed by atoms with Crippen molar-refractivity contribution >= 4 is 17.5 Å². The molecule has 26 heavy (non-hydrogen) atoms. The molecule has 1 unspecified atom stereocenters. The van der Waals surface area contributed by atoms with Crippen LogP contribution in [0.5, 0.6) is 0 Å². The van der Waals surface area contributed by atoms with Crippen LogP contribution in [0.2, 0.25) is 0 Å². The first-order valence-electron chi connectivity index (χ1n) is 9.35. The number of benzene rings is 1. The lowest BCUT2D eigenvalue weighted by molar-refractivity contribution is -0.125. The van der Waals surface area contributed by atoms with Crippen molar-refractivity contribution in [3.63, 3.8) is 0 Å². The molecule has 1 aromatic heterocycles. The van der Waals surface area contributed by atoms with Crippen LogP contribution in [0, 0.1) is 6.92 Å². The highest BCUT2D eigenvalue weighted by molar-refractivity contribution is 6.05. The van der Waals surface area contributed by atoms with E-state index in [2.05, 4.69) is 20.8 Å². The number of aryl methyl sites for hydroxylation is 2. The van der Waals surface area contributed by atoms with E-state index in [-0.39, 0.29) is 18.2 Å². The number of carbonyl (C=O) groups is 2. The number of nitrogens with one attached hydrogen (secondary N) is 3. The fraction of sp³-hybridized carbons (Fsp3) is 0.450. The van der Waals surface area contributed by atoms with Crippen LogP contribution in [0.3, 0.4) is 0 Å². The third-order valence-electron chi connectivity index (χ3n) is 5.37. The van der Waals surface area contributed by atoms with Crippen molar-refractivity contribution in [2.75, 3.05) is 11.9 Å². The summed E-state index contributed by atoms with van der Waals surface area (Å²) in [5.74, 6) is -0.589. The van der Waals surface area contributed by atoms with Gasteiger partial charge in [-0.2, -0.15) is 5.10 Å². The van der Waals surface area contributed by atoms with E-state index in [4.69, 9.17) is 0 Å². The Morgan fingerprint density at radius 3 is 3.04 bits per heavy atom. The standard InChI is InChI=1S/C20H24N4O2/c1-12-6-7-13-15(20(26)22-18(13)10-12)11-19(25)21-9-8-17-14-4-2-3-5-16(14)23-24-17/h6-7,10,15H,2-5,8-9,11H2,1H3,(H,21,25)(H,22,26)(H,23,24). The van der Waals surface area contributed by atoms with E-state index in [1.165, 1.54) is 24.1 Å². The second kappa shape index (κ2) is 6.94. The van der Waals surface area contributed by atoms with Gasteiger partial charge in [-0.1, -0.05) is 12.1 Å². The van der Waals surface area contributed by atoms with Crippen molar-refractivity contribution < 1.29 is 9.59 Å². The fourth-order valence-electron chi connectivity index (χ4n) is 3.98. The van der Waals surface area contributed by atoms with Gasteiger partial charge >= 0.3 is 0 Å². The minimum atomic E-state index is -0.399. The topological polar surface area (TPSA) is 86.9 Å². The highest BCUT2D eigenvalue weighted by Gasteiger charge is 2.32. The molecule has 0 bridgehead atoms. The van der Waals surface area contributed by atoms with Crippen LogP contribution in [0.4, 0.5) is 5.69 Å². The first-order chi connectivity index (χ1) is 12.6. The van der Waals surface area contributed by atoms with Crippen LogP contribution in [0.15, 0.2) is 18.2 Å². The molecule has 0 fully saturated rings. The molecule has 6 nitrogen and oxygen atoms in total. The molecular weight excluding hydrogens is 328 g/mol. The molecule has 136 valence electrons. The average Bonchev–Trinajstić information content (AvgIpc) is 3.16. The maximum Gasteiger partial charge on any atom is 0.232 e. The highest BCUT2D eigenvalue weighted by atomic mass is 16.2. The van der Waals surface area contributed by atoms with Crippen molar-refractivity contribution in [2.45, 2.75) is 51.4 Å². The van der Waals surface area contributed by atoms with Crippen molar-refractivity contribution in [3.8, 4) is 0 Å². The molecule has 1 aliphatic carbocycles. The summed E-state index contributed by atoms with van der Waals surface area (Å²) >= 11 is 0. The summed E-state index contributed by atoms with van der Waals surface area (Å²) in [6, 6.07) is 5.87. The highest BCUT2D eigenvalue weighted by Crippen LogP contribution is 2.35. The summed E-state index contributed by atoms with van der Waals surface area (Å²) in [6.07, 6.45) is 5.49. The Kier molecular flexibility index (Phi) is 4.49. The van der Waals surface area contributed by atoms with E-state index >= 15 is 0 Å². The number of aromatic amines is 1. The number of anilines is 1. The quantitative estimate of drug-likeness (QED) is 0.772.